The van der Waals surface area contributed by atoms with E-state index in [1.807, 2.05) is 0 Å². The van der Waals surface area contributed by atoms with Crippen LogP contribution in [-0.2, 0) is 10.0 Å². The molecule has 0 aliphatic rings. The van der Waals surface area contributed by atoms with Gasteiger partial charge in [-0.25, -0.2) is 8.42 Å². The van der Waals surface area contributed by atoms with Crippen molar-refractivity contribution in [2.24, 2.45) is 0 Å². The lowest BCUT2D eigenvalue weighted by atomic mass is 10.3. The maximum absolute atomic E-state index is 12.0. The molecule has 0 heterocycles. The fraction of sp³-hybridized carbons (Fsp3) is 0.0769. The van der Waals surface area contributed by atoms with Crippen LogP contribution in [0.2, 0.25) is 0 Å². The smallest absolute Gasteiger partial charge is 0.261 e. The Labute approximate surface area is 106 Å². The van der Waals surface area contributed by atoms with Gasteiger partial charge in [0.25, 0.3) is 10.0 Å². The Kier molecular flexibility index (Phi) is 3.53. The molecule has 0 aliphatic carbocycles. The molecule has 1 N–H and O–H groups in total. The van der Waals surface area contributed by atoms with Crippen LogP contribution < -0.4 is 9.46 Å². The highest BCUT2D eigenvalue weighted by Crippen LogP contribution is 2.18. The van der Waals surface area contributed by atoms with Gasteiger partial charge in [0, 0.05) is 5.69 Å². The van der Waals surface area contributed by atoms with Gasteiger partial charge in [-0.2, -0.15) is 0 Å². The normalized spacial score (nSPS) is 10.9. The van der Waals surface area contributed by atoms with Gasteiger partial charge < -0.3 is 4.74 Å². The molecule has 0 spiro atoms. The SMILES string of the molecule is COc1ccc(NS(=O)(=O)c2ccccc2)cc1. The first-order chi connectivity index (χ1) is 8.62. The molecular formula is C13H13NO3S. The molecule has 5 heteroatoms. The predicted octanol–water partition coefficient (Wildman–Crippen LogP) is 2.50. The van der Waals surface area contributed by atoms with Crippen molar-refractivity contribution >= 4 is 15.7 Å². The molecule has 0 amide bonds. The number of benzene rings is 2. The van der Waals surface area contributed by atoms with Gasteiger partial charge in [-0.3, -0.25) is 4.72 Å². The highest BCUT2D eigenvalue weighted by molar-refractivity contribution is 7.92. The molecule has 18 heavy (non-hydrogen) atoms. The second-order valence-electron chi connectivity index (χ2n) is 3.65. The minimum atomic E-state index is -3.52. The zero-order valence-corrected chi connectivity index (χ0v) is 10.6. The summed E-state index contributed by atoms with van der Waals surface area (Å²) in [5, 5.41) is 0. The van der Waals surface area contributed by atoms with Crippen molar-refractivity contribution in [1.29, 1.82) is 0 Å². The predicted molar refractivity (Wildman–Crippen MR) is 70.2 cm³/mol. The maximum atomic E-state index is 12.0. The van der Waals surface area contributed by atoms with Crippen molar-refractivity contribution in [2.45, 2.75) is 4.90 Å². The van der Waals surface area contributed by atoms with Crippen molar-refractivity contribution < 1.29 is 13.2 Å². The lowest BCUT2D eigenvalue weighted by molar-refractivity contribution is 0.415. The second-order valence-corrected chi connectivity index (χ2v) is 5.33. The summed E-state index contributed by atoms with van der Waals surface area (Å²) in [7, 11) is -1.97. The minimum absolute atomic E-state index is 0.237. The van der Waals surface area contributed by atoms with Crippen LogP contribution >= 0.6 is 0 Å². The van der Waals surface area contributed by atoms with E-state index in [1.165, 1.54) is 0 Å². The van der Waals surface area contributed by atoms with Crippen molar-refractivity contribution in [3.05, 3.63) is 54.6 Å². The van der Waals surface area contributed by atoms with Crippen LogP contribution in [0.1, 0.15) is 0 Å². The molecule has 2 aromatic rings. The zero-order chi connectivity index (χ0) is 13.0. The average Bonchev–Trinajstić information content (AvgIpc) is 2.40. The highest BCUT2D eigenvalue weighted by Gasteiger charge is 2.12. The Morgan fingerprint density at radius 1 is 0.944 bits per heavy atom. The van der Waals surface area contributed by atoms with E-state index < -0.39 is 10.0 Å². The molecule has 4 nitrogen and oxygen atoms in total. The quantitative estimate of drug-likeness (QED) is 0.922. The van der Waals surface area contributed by atoms with Gasteiger partial charge >= 0.3 is 0 Å². The van der Waals surface area contributed by atoms with Crippen LogP contribution in [0, 0.1) is 0 Å². The van der Waals surface area contributed by atoms with Crippen LogP contribution in [0.3, 0.4) is 0 Å². The molecule has 0 aromatic heterocycles. The number of sulfonamides is 1. The lowest BCUT2D eigenvalue weighted by Gasteiger charge is -2.08. The fourth-order valence-electron chi connectivity index (χ4n) is 1.47. The standard InChI is InChI=1S/C13H13NO3S/c1-17-12-9-7-11(8-10-12)14-18(15,16)13-5-3-2-4-6-13/h2-10,14H,1H3. The van der Waals surface area contributed by atoms with E-state index in [9.17, 15) is 8.42 Å². The fourth-order valence-corrected chi connectivity index (χ4v) is 2.55. The molecule has 0 atom stereocenters. The third kappa shape index (κ3) is 2.81. The van der Waals surface area contributed by atoms with E-state index in [0.717, 1.165) is 0 Å². The van der Waals surface area contributed by atoms with Gasteiger partial charge in [-0.15, -0.1) is 0 Å². The number of hydrogen-bond acceptors (Lipinski definition) is 3. The van der Waals surface area contributed by atoms with Gasteiger partial charge in [-0.1, -0.05) is 18.2 Å². The number of nitrogens with one attached hydrogen (secondary N) is 1. The number of hydrogen-bond donors (Lipinski definition) is 1. The summed E-state index contributed by atoms with van der Waals surface area (Å²) < 4.78 is 31.5. The van der Waals surface area contributed by atoms with E-state index >= 15 is 0 Å². The molecule has 2 rings (SSSR count). The minimum Gasteiger partial charge on any atom is -0.497 e. The molecule has 0 saturated heterocycles. The van der Waals surface area contributed by atoms with E-state index in [0.29, 0.717) is 11.4 Å². The number of ether oxygens (including phenoxy) is 1. The molecule has 0 aliphatic heterocycles. The molecular weight excluding hydrogens is 250 g/mol. The van der Waals surface area contributed by atoms with Gasteiger partial charge in [-0.05, 0) is 36.4 Å². The van der Waals surface area contributed by atoms with E-state index in [4.69, 9.17) is 4.74 Å². The van der Waals surface area contributed by atoms with Gasteiger partial charge in [0.1, 0.15) is 5.75 Å². The first-order valence-electron chi connectivity index (χ1n) is 5.34. The Hall–Kier alpha value is -2.01. The van der Waals surface area contributed by atoms with Gasteiger partial charge in [0.15, 0.2) is 0 Å². The molecule has 0 saturated carbocycles. The van der Waals surface area contributed by atoms with Crippen molar-refractivity contribution in [3.63, 3.8) is 0 Å². The highest BCUT2D eigenvalue weighted by atomic mass is 32.2. The van der Waals surface area contributed by atoms with Crippen LogP contribution in [-0.4, -0.2) is 15.5 Å². The number of methoxy groups -OCH3 is 1. The van der Waals surface area contributed by atoms with E-state index in [1.54, 1.807) is 61.7 Å². The molecule has 0 bridgehead atoms. The molecule has 0 unspecified atom stereocenters. The summed E-state index contributed by atoms with van der Waals surface area (Å²) in [4.78, 5) is 0.237. The van der Waals surface area contributed by atoms with E-state index in [2.05, 4.69) is 4.72 Å². The maximum Gasteiger partial charge on any atom is 0.261 e. The lowest BCUT2D eigenvalue weighted by Crippen LogP contribution is -2.12. The second kappa shape index (κ2) is 5.10. The van der Waals surface area contributed by atoms with Crippen molar-refractivity contribution in [1.82, 2.24) is 0 Å². The van der Waals surface area contributed by atoms with Crippen LogP contribution in [0.15, 0.2) is 59.5 Å². The Bertz CT molecular complexity index is 606. The monoisotopic (exact) mass is 263 g/mol. The third-order valence-electron chi connectivity index (χ3n) is 2.40. The zero-order valence-electron chi connectivity index (χ0n) is 9.83. The average molecular weight is 263 g/mol. The molecule has 2 aromatic carbocycles. The third-order valence-corrected chi connectivity index (χ3v) is 3.79. The van der Waals surface area contributed by atoms with Crippen LogP contribution in [0.25, 0.3) is 0 Å². The molecule has 94 valence electrons. The van der Waals surface area contributed by atoms with Crippen LogP contribution in [0.5, 0.6) is 5.75 Å². The Morgan fingerprint density at radius 3 is 2.11 bits per heavy atom. The van der Waals surface area contributed by atoms with Crippen molar-refractivity contribution in [2.75, 3.05) is 11.8 Å². The summed E-state index contributed by atoms with van der Waals surface area (Å²) in [6, 6.07) is 14.9. The van der Waals surface area contributed by atoms with Crippen molar-refractivity contribution in [3.8, 4) is 5.75 Å². The van der Waals surface area contributed by atoms with E-state index in [-0.39, 0.29) is 4.90 Å². The summed E-state index contributed by atoms with van der Waals surface area (Å²) in [5.41, 5.74) is 0.500. The largest absolute Gasteiger partial charge is 0.497 e. The summed E-state index contributed by atoms with van der Waals surface area (Å²) in [6.07, 6.45) is 0. The molecule has 0 radical (unpaired) electrons. The first-order valence-corrected chi connectivity index (χ1v) is 6.82. The van der Waals surface area contributed by atoms with Gasteiger partial charge in [0.2, 0.25) is 0 Å². The van der Waals surface area contributed by atoms with Gasteiger partial charge in [0.05, 0.1) is 12.0 Å². The summed E-state index contributed by atoms with van der Waals surface area (Å²) >= 11 is 0. The Balaban J connectivity index is 2.22. The number of rotatable bonds is 4. The topological polar surface area (TPSA) is 55.4 Å². The first kappa shape index (κ1) is 12.4. The number of anilines is 1. The van der Waals surface area contributed by atoms with Crippen LogP contribution in [0.4, 0.5) is 5.69 Å². The summed E-state index contributed by atoms with van der Waals surface area (Å²) in [5.74, 6) is 0.678. The Morgan fingerprint density at radius 2 is 1.56 bits per heavy atom. The summed E-state index contributed by atoms with van der Waals surface area (Å²) in [6.45, 7) is 0. The molecule has 0 fully saturated rings.